The molecule has 0 spiro atoms. The molecule has 21 heavy (non-hydrogen) atoms. The summed E-state index contributed by atoms with van der Waals surface area (Å²) in [6.07, 6.45) is 0.848. The Bertz CT molecular complexity index is 684. The van der Waals surface area contributed by atoms with E-state index in [1.54, 1.807) is 37.4 Å². The number of hydrogen-bond acceptors (Lipinski definition) is 3. The Morgan fingerprint density at radius 2 is 2.14 bits per heavy atom. The Labute approximate surface area is 123 Å². The molecule has 0 saturated heterocycles. The molecule has 4 heteroatoms. The van der Waals surface area contributed by atoms with Crippen molar-refractivity contribution in [2.75, 3.05) is 25.1 Å². The molecule has 0 fully saturated rings. The number of fused-ring (bicyclic) bond motifs is 1. The van der Waals surface area contributed by atoms with E-state index in [0.717, 1.165) is 24.2 Å². The predicted octanol–water partition coefficient (Wildman–Crippen LogP) is 3.08. The van der Waals surface area contributed by atoms with Gasteiger partial charge in [-0.15, -0.1) is 0 Å². The van der Waals surface area contributed by atoms with Gasteiger partial charge < -0.3 is 9.64 Å². The van der Waals surface area contributed by atoms with Crippen LogP contribution in [0, 0.1) is 5.82 Å². The summed E-state index contributed by atoms with van der Waals surface area (Å²) < 4.78 is 18.5. The molecule has 0 N–H and O–H groups in total. The average molecular weight is 285 g/mol. The van der Waals surface area contributed by atoms with Gasteiger partial charge in [0.25, 0.3) is 0 Å². The molecule has 1 heterocycles. The van der Waals surface area contributed by atoms with E-state index >= 15 is 0 Å². The van der Waals surface area contributed by atoms with Gasteiger partial charge in [0, 0.05) is 17.8 Å². The van der Waals surface area contributed by atoms with Crippen LogP contribution in [0.25, 0.3) is 0 Å². The Morgan fingerprint density at radius 1 is 1.29 bits per heavy atom. The SMILES string of the molecule is COc1cccc(C(=O)CN2CCc3ccc(F)cc32)c1. The van der Waals surface area contributed by atoms with Crippen LogP contribution in [-0.2, 0) is 6.42 Å². The van der Waals surface area contributed by atoms with Crippen molar-refractivity contribution in [1.29, 1.82) is 0 Å². The first-order chi connectivity index (χ1) is 10.2. The summed E-state index contributed by atoms with van der Waals surface area (Å²) in [7, 11) is 1.57. The Kier molecular flexibility index (Phi) is 3.60. The zero-order valence-corrected chi connectivity index (χ0v) is 11.8. The molecule has 0 amide bonds. The number of nitrogens with zero attached hydrogens (tertiary/aromatic N) is 1. The van der Waals surface area contributed by atoms with Gasteiger partial charge in [-0.05, 0) is 36.2 Å². The summed E-state index contributed by atoms with van der Waals surface area (Å²) in [6, 6.07) is 11.9. The van der Waals surface area contributed by atoms with Crippen molar-refractivity contribution in [3.8, 4) is 5.75 Å². The van der Waals surface area contributed by atoms with Crippen molar-refractivity contribution >= 4 is 11.5 Å². The Morgan fingerprint density at radius 3 is 2.95 bits per heavy atom. The monoisotopic (exact) mass is 285 g/mol. The minimum Gasteiger partial charge on any atom is -0.497 e. The standard InChI is InChI=1S/C17H16FNO2/c1-21-15-4-2-3-13(9-15)17(20)11-19-8-7-12-5-6-14(18)10-16(12)19/h2-6,9-10H,7-8,11H2,1H3. The Balaban J connectivity index is 1.79. The summed E-state index contributed by atoms with van der Waals surface area (Å²) >= 11 is 0. The van der Waals surface area contributed by atoms with E-state index in [4.69, 9.17) is 4.74 Å². The van der Waals surface area contributed by atoms with Crippen LogP contribution in [0.3, 0.4) is 0 Å². The topological polar surface area (TPSA) is 29.5 Å². The van der Waals surface area contributed by atoms with Crippen LogP contribution in [0.2, 0.25) is 0 Å². The van der Waals surface area contributed by atoms with Crippen molar-refractivity contribution in [2.24, 2.45) is 0 Å². The molecule has 2 aromatic rings. The first-order valence-corrected chi connectivity index (χ1v) is 6.88. The molecule has 1 aliphatic heterocycles. The van der Waals surface area contributed by atoms with E-state index in [9.17, 15) is 9.18 Å². The molecule has 0 radical (unpaired) electrons. The third kappa shape index (κ3) is 2.75. The maximum atomic E-state index is 13.4. The van der Waals surface area contributed by atoms with Gasteiger partial charge in [-0.2, -0.15) is 0 Å². The smallest absolute Gasteiger partial charge is 0.182 e. The van der Waals surface area contributed by atoms with Crippen LogP contribution in [0.5, 0.6) is 5.75 Å². The van der Waals surface area contributed by atoms with Gasteiger partial charge in [0.2, 0.25) is 0 Å². The molecule has 2 aromatic carbocycles. The van der Waals surface area contributed by atoms with Crippen molar-refractivity contribution < 1.29 is 13.9 Å². The number of hydrogen-bond donors (Lipinski definition) is 0. The molecule has 3 nitrogen and oxygen atoms in total. The summed E-state index contributed by atoms with van der Waals surface area (Å²) in [4.78, 5) is 14.3. The van der Waals surface area contributed by atoms with E-state index in [-0.39, 0.29) is 18.1 Å². The lowest BCUT2D eigenvalue weighted by Gasteiger charge is -2.18. The molecule has 0 atom stereocenters. The van der Waals surface area contributed by atoms with E-state index in [1.165, 1.54) is 12.1 Å². The average Bonchev–Trinajstić information content (AvgIpc) is 2.89. The van der Waals surface area contributed by atoms with Gasteiger partial charge in [0.1, 0.15) is 11.6 Å². The second-order valence-corrected chi connectivity index (χ2v) is 5.10. The van der Waals surface area contributed by atoms with Crippen LogP contribution in [0.15, 0.2) is 42.5 Å². The molecule has 0 saturated carbocycles. The number of carbonyl (C=O) groups excluding carboxylic acids is 1. The molecule has 0 aliphatic carbocycles. The molecule has 1 aliphatic rings. The van der Waals surface area contributed by atoms with Gasteiger partial charge >= 0.3 is 0 Å². The summed E-state index contributed by atoms with van der Waals surface area (Å²) in [5, 5.41) is 0. The second-order valence-electron chi connectivity index (χ2n) is 5.10. The van der Waals surface area contributed by atoms with Gasteiger partial charge in [-0.1, -0.05) is 18.2 Å². The summed E-state index contributed by atoms with van der Waals surface area (Å²) in [5.41, 5.74) is 2.53. The highest BCUT2D eigenvalue weighted by atomic mass is 19.1. The largest absolute Gasteiger partial charge is 0.497 e. The number of Topliss-reactive ketones (excluding diaryl/α,β-unsaturated/α-hetero) is 1. The molecule has 0 aromatic heterocycles. The van der Waals surface area contributed by atoms with E-state index in [2.05, 4.69) is 0 Å². The first-order valence-electron chi connectivity index (χ1n) is 6.88. The molecule has 108 valence electrons. The van der Waals surface area contributed by atoms with E-state index in [1.807, 2.05) is 4.90 Å². The maximum absolute atomic E-state index is 13.4. The maximum Gasteiger partial charge on any atom is 0.182 e. The predicted molar refractivity (Wildman–Crippen MR) is 79.6 cm³/mol. The highest BCUT2D eigenvalue weighted by Crippen LogP contribution is 2.28. The third-order valence-corrected chi connectivity index (χ3v) is 3.77. The number of rotatable bonds is 4. The van der Waals surface area contributed by atoms with Gasteiger partial charge in [0.05, 0.1) is 13.7 Å². The lowest BCUT2D eigenvalue weighted by Crippen LogP contribution is -2.28. The highest BCUT2D eigenvalue weighted by molar-refractivity contribution is 5.99. The van der Waals surface area contributed by atoms with Crippen molar-refractivity contribution in [2.45, 2.75) is 6.42 Å². The van der Waals surface area contributed by atoms with Gasteiger partial charge in [-0.25, -0.2) is 4.39 Å². The number of benzene rings is 2. The number of halogens is 1. The van der Waals surface area contributed by atoms with E-state index < -0.39 is 0 Å². The number of ether oxygens (including phenoxy) is 1. The zero-order chi connectivity index (χ0) is 14.8. The molecule has 0 bridgehead atoms. The zero-order valence-electron chi connectivity index (χ0n) is 11.8. The van der Waals surface area contributed by atoms with Crippen LogP contribution in [0.4, 0.5) is 10.1 Å². The minimum absolute atomic E-state index is 0.00557. The van der Waals surface area contributed by atoms with Crippen LogP contribution >= 0.6 is 0 Å². The van der Waals surface area contributed by atoms with Gasteiger partial charge in [-0.3, -0.25) is 4.79 Å². The highest BCUT2D eigenvalue weighted by Gasteiger charge is 2.22. The molecular formula is C17H16FNO2. The lowest BCUT2D eigenvalue weighted by atomic mass is 10.1. The number of ketones is 1. The Hall–Kier alpha value is -2.36. The number of methoxy groups -OCH3 is 1. The second kappa shape index (κ2) is 5.56. The quantitative estimate of drug-likeness (QED) is 0.809. The minimum atomic E-state index is -0.269. The third-order valence-electron chi connectivity index (χ3n) is 3.77. The van der Waals surface area contributed by atoms with Crippen LogP contribution in [0.1, 0.15) is 15.9 Å². The molecule has 0 unspecified atom stereocenters. The molecular weight excluding hydrogens is 269 g/mol. The number of anilines is 1. The first kappa shape index (κ1) is 13.6. The van der Waals surface area contributed by atoms with Crippen LogP contribution < -0.4 is 9.64 Å². The lowest BCUT2D eigenvalue weighted by molar-refractivity contribution is 0.0999. The van der Waals surface area contributed by atoms with Crippen LogP contribution in [-0.4, -0.2) is 26.0 Å². The molecule has 3 rings (SSSR count). The fourth-order valence-electron chi connectivity index (χ4n) is 2.64. The fraction of sp³-hybridized carbons (Fsp3) is 0.235. The van der Waals surface area contributed by atoms with Crippen molar-refractivity contribution in [3.63, 3.8) is 0 Å². The normalized spacial score (nSPS) is 13.1. The summed E-state index contributed by atoms with van der Waals surface area (Å²) in [6.45, 7) is 0.998. The van der Waals surface area contributed by atoms with Gasteiger partial charge in [0.15, 0.2) is 5.78 Å². The summed E-state index contributed by atoms with van der Waals surface area (Å²) in [5.74, 6) is 0.397. The van der Waals surface area contributed by atoms with Crippen molar-refractivity contribution in [3.05, 3.63) is 59.4 Å². The van der Waals surface area contributed by atoms with Crippen molar-refractivity contribution in [1.82, 2.24) is 0 Å². The van der Waals surface area contributed by atoms with E-state index in [0.29, 0.717) is 11.3 Å². The number of carbonyl (C=O) groups is 1. The fourth-order valence-corrected chi connectivity index (χ4v) is 2.64.